The average Bonchev–Trinajstić information content (AvgIpc) is 2.74. The second-order valence-corrected chi connectivity index (χ2v) is 7.52. The van der Waals surface area contributed by atoms with Gasteiger partial charge in [0.25, 0.3) is 0 Å². The molecular weight excluding hydrogens is 368 g/mol. The zero-order valence-electron chi connectivity index (χ0n) is 15.7. The molecule has 1 heterocycles. The summed E-state index contributed by atoms with van der Waals surface area (Å²) in [6.45, 7) is 1.96. The maximum Gasteiger partial charge on any atom is 0.228 e. The van der Waals surface area contributed by atoms with Crippen molar-refractivity contribution in [2.45, 2.75) is 13.3 Å². The van der Waals surface area contributed by atoms with Crippen molar-refractivity contribution in [2.75, 3.05) is 11.1 Å². The van der Waals surface area contributed by atoms with Gasteiger partial charge in [0, 0.05) is 29.4 Å². The van der Waals surface area contributed by atoms with Crippen LogP contribution in [0.3, 0.4) is 0 Å². The van der Waals surface area contributed by atoms with Gasteiger partial charge in [-0.1, -0.05) is 60.3 Å². The molecule has 5 heteroatoms. The molecule has 1 N–H and O–H groups in total. The molecule has 2 aromatic carbocycles. The molecule has 0 aliphatic heterocycles. The lowest BCUT2D eigenvalue weighted by molar-refractivity contribution is -0.119. The van der Waals surface area contributed by atoms with E-state index >= 15 is 0 Å². The van der Waals surface area contributed by atoms with Crippen LogP contribution in [-0.4, -0.2) is 21.8 Å². The number of hydrogen-bond acceptors (Lipinski definition) is 4. The predicted molar refractivity (Wildman–Crippen MR) is 114 cm³/mol. The van der Waals surface area contributed by atoms with Crippen LogP contribution in [0, 0.1) is 12.8 Å². The van der Waals surface area contributed by atoms with Gasteiger partial charge >= 0.3 is 0 Å². The molecule has 0 saturated carbocycles. The van der Waals surface area contributed by atoms with Crippen LogP contribution < -0.4 is 5.32 Å². The molecule has 0 bridgehead atoms. The highest BCUT2D eigenvalue weighted by Crippen LogP contribution is 2.21. The van der Waals surface area contributed by atoms with Crippen molar-refractivity contribution >= 4 is 28.5 Å². The predicted octanol–water partition coefficient (Wildman–Crippen LogP) is 4.76. The Morgan fingerprint density at radius 2 is 1.75 bits per heavy atom. The van der Waals surface area contributed by atoms with Gasteiger partial charge in [0.15, 0.2) is 0 Å². The van der Waals surface area contributed by atoms with Crippen LogP contribution in [0.1, 0.15) is 21.5 Å². The third-order valence-corrected chi connectivity index (χ3v) is 5.48. The van der Waals surface area contributed by atoms with Crippen LogP contribution in [0.4, 0.5) is 5.69 Å². The molecule has 4 nitrogen and oxygen atoms in total. The number of pyridine rings is 1. The number of nitrogens with one attached hydrogen (secondary N) is 1. The summed E-state index contributed by atoms with van der Waals surface area (Å²) < 4.78 is 0. The molecule has 0 aliphatic carbocycles. The SMILES string of the molecule is Cc1ccccc1NC(=O)C(CSC(=O)c1cccnc1)Cc1ccccc1. The van der Waals surface area contributed by atoms with Crippen LogP contribution in [0.25, 0.3) is 0 Å². The second-order valence-electron chi connectivity index (χ2n) is 6.53. The maximum absolute atomic E-state index is 13.0. The lowest BCUT2D eigenvalue weighted by atomic mass is 10.00. The summed E-state index contributed by atoms with van der Waals surface area (Å²) in [5, 5.41) is 2.94. The number of aromatic nitrogens is 1. The van der Waals surface area contributed by atoms with E-state index in [2.05, 4.69) is 10.3 Å². The van der Waals surface area contributed by atoms with Crippen LogP contribution in [0.15, 0.2) is 79.1 Å². The summed E-state index contributed by atoms with van der Waals surface area (Å²) in [6.07, 6.45) is 3.76. The molecule has 1 aromatic heterocycles. The third-order valence-electron chi connectivity index (χ3n) is 4.41. The Morgan fingerprint density at radius 3 is 2.46 bits per heavy atom. The monoisotopic (exact) mass is 390 g/mol. The maximum atomic E-state index is 13.0. The Morgan fingerprint density at radius 1 is 1.00 bits per heavy atom. The van der Waals surface area contributed by atoms with E-state index in [0.29, 0.717) is 17.7 Å². The van der Waals surface area contributed by atoms with Crippen molar-refractivity contribution in [1.82, 2.24) is 4.98 Å². The van der Waals surface area contributed by atoms with Crippen molar-refractivity contribution < 1.29 is 9.59 Å². The van der Waals surface area contributed by atoms with Crippen LogP contribution >= 0.6 is 11.8 Å². The number of nitrogens with zero attached hydrogens (tertiary/aromatic N) is 1. The number of para-hydroxylation sites is 1. The van der Waals surface area contributed by atoms with E-state index in [4.69, 9.17) is 0 Å². The van der Waals surface area contributed by atoms with Crippen LogP contribution in [0.2, 0.25) is 0 Å². The summed E-state index contributed by atoms with van der Waals surface area (Å²) in [4.78, 5) is 29.4. The van der Waals surface area contributed by atoms with E-state index < -0.39 is 0 Å². The van der Waals surface area contributed by atoms with Crippen molar-refractivity contribution in [3.8, 4) is 0 Å². The minimum atomic E-state index is -0.326. The van der Waals surface area contributed by atoms with Gasteiger partial charge in [-0.25, -0.2) is 0 Å². The van der Waals surface area contributed by atoms with Crippen molar-refractivity contribution in [1.29, 1.82) is 0 Å². The number of carbonyl (C=O) groups excluding carboxylic acids is 2. The summed E-state index contributed by atoms with van der Waals surface area (Å²) >= 11 is 1.16. The van der Waals surface area contributed by atoms with Crippen LogP contribution in [0.5, 0.6) is 0 Å². The molecule has 0 saturated heterocycles. The molecule has 0 fully saturated rings. The summed E-state index contributed by atoms with van der Waals surface area (Å²) in [5.41, 5.74) is 3.43. The molecule has 142 valence electrons. The minimum Gasteiger partial charge on any atom is -0.326 e. The number of anilines is 1. The Labute approximate surface area is 169 Å². The quantitative estimate of drug-likeness (QED) is 0.632. The van der Waals surface area contributed by atoms with Crippen molar-refractivity contribution in [3.05, 3.63) is 95.8 Å². The number of benzene rings is 2. The number of thioether (sulfide) groups is 1. The molecule has 1 atom stereocenters. The summed E-state index contributed by atoms with van der Waals surface area (Å²) in [7, 11) is 0. The topological polar surface area (TPSA) is 59.1 Å². The fourth-order valence-electron chi connectivity index (χ4n) is 2.82. The van der Waals surface area contributed by atoms with Gasteiger partial charge in [-0.3, -0.25) is 14.6 Å². The first kappa shape index (κ1) is 19.8. The summed E-state index contributed by atoms with van der Waals surface area (Å²) in [5.74, 6) is -0.00220. The van der Waals surface area contributed by atoms with E-state index in [1.807, 2.05) is 61.5 Å². The average molecular weight is 391 g/mol. The van der Waals surface area contributed by atoms with E-state index in [9.17, 15) is 9.59 Å². The lowest BCUT2D eigenvalue weighted by Gasteiger charge is -2.17. The number of aryl methyl sites for hydroxylation is 1. The first-order valence-corrected chi connectivity index (χ1v) is 10.1. The van der Waals surface area contributed by atoms with Crippen molar-refractivity contribution in [2.24, 2.45) is 5.92 Å². The third kappa shape index (κ3) is 5.54. The highest BCUT2D eigenvalue weighted by atomic mass is 32.2. The first-order valence-electron chi connectivity index (χ1n) is 9.11. The molecule has 1 unspecified atom stereocenters. The number of hydrogen-bond donors (Lipinski definition) is 1. The van der Waals surface area contributed by atoms with Gasteiger partial charge in [-0.15, -0.1) is 0 Å². The Kier molecular flexibility index (Phi) is 6.98. The van der Waals surface area contributed by atoms with Gasteiger partial charge in [0.1, 0.15) is 0 Å². The highest BCUT2D eigenvalue weighted by molar-refractivity contribution is 8.14. The standard InChI is InChI=1S/C23H22N2O2S/c1-17-8-5-6-12-21(17)25-22(26)20(14-18-9-3-2-4-10-18)16-28-23(27)19-11-7-13-24-15-19/h2-13,15,20H,14,16H2,1H3,(H,25,26). The minimum absolute atomic E-state index is 0.0742. The molecule has 0 aliphatic rings. The molecular formula is C23H22N2O2S. The summed E-state index contributed by atoms with van der Waals surface area (Å²) in [6, 6.07) is 21.0. The van der Waals surface area contributed by atoms with Gasteiger partial charge in [-0.05, 0) is 42.7 Å². The smallest absolute Gasteiger partial charge is 0.228 e. The molecule has 3 aromatic rings. The van der Waals surface area contributed by atoms with E-state index in [0.717, 1.165) is 28.6 Å². The molecule has 0 spiro atoms. The van der Waals surface area contributed by atoms with Crippen molar-refractivity contribution in [3.63, 3.8) is 0 Å². The normalized spacial score (nSPS) is 11.6. The zero-order valence-corrected chi connectivity index (χ0v) is 16.5. The van der Waals surface area contributed by atoms with E-state index in [1.165, 1.54) is 0 Å². The van der Waals surface area contributed by atoms with Gasteiger partial charge in [-0.2, -0.15) is 0 Å². The molecule has 0 radical (unpaired) electrons. The zero-order chi connectivity index (χ0) is 19.8. The highest BCUT2D eigenvalue weighted by Gasteiger charge is 2.22. The number of carbonyl (C=O) groups is 2. The number of rotatable bonds is 7. The number of amides is 1. The Bertz CT molecular complexity index is 930. The van der Waals surface area contributed by atoms with Gasteiger partial charge < -0.3 is 5.32 Å². The lowest BCUT2D eigenvalue weighted by Crippen LogP contribution is -2.27. The van der Waals surface area contributed by atoms with E-state index in [-0.39, 0.29) is 16.9 Å². The Hall–Kier alpha value is -2.92. The molecule has 3 rings (SSSR count). The largest absolute Gasteiger partial charge is 0.326 e. The van der Waals surface area contributed by atoms with Gasteiger partial charge in [0.05, 0.1) is 5.92 Å². The molecule has 28 heavy (non-hydrogen) atoms. The Balaban J connectivity index is 1.72. The fraction of sp³-hybridized carbons (Fsp3) is 0.174. The first-order chi connectivity index (χ1) is 13.6. The second kappa shape index (κ2) is 9.85. The fourth-order valence-corrected chi connectivity index (χ4v) is 3.73. The molecule has 1 amide bonds. The van der Waals surface area contributed by atoms with Gasteiger partial charge in [0.2, 0.25) is 11.0 Å². The van der Waals surface area contributed by atoms with E-state index in [1.54, 1.807) is 24.5 Å². The van der Waals surface area contributed by atoms with Crippen LogP contribution in [-0.2, 0) is 11.2 Å².